The van der Waals surface area contributed by atoms with Gasteiger partial charge in [-0.15, -0.1) is 0 Å². The summed E-state index contributed by atoms with van der Waals surface area (Å²) in [6.07, 6.45) is 0.263. The molecule has 0 fully saturated rings. The monoisotopic (exact) mass is 278 g/mol. The number of carbonyl (C=O) groups excluding carboxylic acids is 1. The third-order valence-corrected chi connectivity index (χ3v) is 2.67. The van der Waals surface area contributed by atoms with Crippen LogP contribution in [-0.2, 0) is 11.2 Å². The largest absolute Gasteiger partial charge is 0.480 e. The van der Waals surface area contributed by atoms with E-state index < -0.39 is 18.0 Å². The number of hydrogen-bond acceptors (Lipinski definition) is 2. The van der Waals surface area contributed by atoms with Gasteiger partial charge in [0, 0.05) is 13.0 Å². The van der Waals surface area contributed by atoms with Gasteiger partial charge in [-0.25, -0.2) is 9.59 Å². The van der Waals surface area contributed by atoms with Crippen LogP contribution in [0, 0.1) is 5.41 Å². The Kier molecular flexibility index (Phi) is 5.55. The number of aliphatic carboxylic acids is 1. The van der Waals surface area contributed by atoms with Crippen molar-refractivity contribution in [3.8, 4) is 0 Å². The van der Waals surface area contributed by atoms with E-state index in [2.05, 4.69) is 10.6 Å². The molecule has 0 radical (unpaired) electrons. The van der Waals surface area contributed by atoms with E-state index in [1.165, 1.54) is 0 Å². The fourth-order valence-electron chi connectivity index (χ4n) is 1.60. The summed E-state index contributed by atoms with van der Waals surface area (Å²) in [5, 5.41) is 14.3. The lowest BCUT2D eigenvalue weighted by atomic mass is 9.97. The van der Waals surface area contributed by atoms with E-state index in [4.69, 9.17) is 5.11 Å². The van der Waals surface area contributed by atoms with Crippen LogP contribution in [0.5, 0.6) is 0 Å². The first-order valence-corrected chi connectivity index (χ1v) is 6.59. The molecule has 0 spiro atoms. The molecule has 5 heteroatoms. The third-order valence-electron chi connectivity index (χ3n) is 2.67. The molecule has 1 aromatic rings. The molecular formula is C15H22N2O3. The minimum Gasteiger partial charge on any atom is -0.480 e. The molecule has 1 aromatic carbocycles. The molecule has 3 N–H and O–H groups in total. The zero-order valence-corrected chi connectivity index (χ0v) is 12.1. The van der Waals surface area contributed by atoms with Gasteiger partial charge in [0.25, 0.3) is 0 Å². The molecule has 5 nitrogen and oxygen atoms in total. The van der Waals surface area contributed by atoms with Gasteiger partial charge < -0.3 is 15.7 Å². The molecule has 0 aromatic heterocycles. The summed E-state index contributed by atoms with van der Waals surface area (Å²) < 4.78 is 0. The summed E-state index contributed by atoms with van der Waals surface area (Å²) in [5.74, 6) is -1.04. The minimum atomic E-state index is -1.04. The predicted molar refractivity (Wildman–Crippen MR) is 77.6 cm³/mol. The Morgan fingerprint density at radius 1 is 1.20 bits per heavy atom. The van der Waals surface area contributed by atoms with Gasteiger partial charge in [0.05, 0.1) is 0 Å². The first-order valence-electron chi connectivity index (χ1n) is 6.59. The van der Waals surface area contributed by atoms with Crippen molar-refractivity contribution in [1.29, 1.82) is 0 Å². The fraction of sp³-hybridized carbons (Fsp3) is 0.467. The van der Waals surface area contributed by atoms with Crippen molar-refractivity contribution in [2.75, 3.05) is 6.54 Å². The fourth-order valence-corrected chi connectivity index (χ4v) is 1.60. The van der Waals surface area contributed by atoms with Gasteiger partial charge in [-0.3, -0.25) is 0 Å². The Morgan fingerprint density at radius 3 is 2.30 bits per heavy atom. The molecule has 20 heavy (non-hydrogen) atoms. The highest BCUT2D eigenvalue weighted by Crippen LogP contribution is 2.10. The van der Waals surface area contributed by atoms with Crippen molar-refractivity contribution < 1.29 is 14.7 Å². The van der Waals surface area contributed by atoms with Crippen LogP contribution in [-0.4, -0.2) is 29.7 Å². The van der Waals surface area contributed by atoms with Crippen LogP contribution in [0.1, 0.15) is 26.3 Å². The van der Waals surface area contributed by atoms with E-state index in [0.29, 0.717) is 6.54 Å². The maximum atomic E-state index is 11.7. The second-order valence-corrected chi connectivity index (χ2v) is 5.97. The zero-order chi connectivity index (χ0) is 15.2. The lowest BCUT2D eigenvalue weighted by Gasteiger charge is -2.20. The number of carboxylic acid groups (broad SMARTS) is 1. The van der Waals surface area contributed by atoms with E-state index in [1.54, 1.807) is 0 Å². The summed E-state index contributed by atoms with van der Waals surface area (Å²) >= 11 is 0. The quantitative estimate of drug-likeness (QED) is 0.771. The van der Waals surface area contributed by atoms with Crippen LogP contribution < -0.4 is 10.6 Å². The van der Waals surface area contributed by atoms with E-state index in [9.17, 15) is 9.59 Å². The van der Waals surface area contributed by atoms with Crippen LogP contribution in [0.4, 0.5) is 4.79 Å². The van der Waals surface area contributed by atoms with Crippen molar-refractivity contribution in [2.45, 2.75) is 33.2 Å². The molecule has 0 aliphatic carbocycles. The first kappa shape index (κ1) is 16.0. The van der Waals surface area contributed by atoms with Gasteiger partial charge in [-0.05, 0) is 11.0 Å². The molecule has 110 valence electrons. The van der Waals surface area contributed by atoms with E-state index in [0.717, 1.165) is 5.56 Å². The number of amides is 2. The van der Waals surface area contributed by atoms with Crippen LogP contribution in [0.3, 0.4) is 0 Å². The highest BCUT2D eigenvalue weighted by molar-refractivity contribution is 5.82. The van der Waals surface area contributed by atoms with Crippen molar-refractivity contribution in [3.63, 3.8) is 0 Å². The molecule has 2 amide bonds. The van der Waals surface area contributed by atoms with E-state index >= 15 is 0 Å². The summed E-state index contributed by atoms with van der Waals surface area (Å²) in [4.78, 5) is 22.9. The van der Waals surface area contributed by atoms with Gasteiger partial charge >= 0.3 is 12.0 Å². The van der Waals surface area contributed by atoms with Crippen molar-refractivity contribution in [2.24, 2.45) is 5.41 Å². The number of nitrogens with one attached hydrogen (secondary N) is 2. The molecule has 0 bridgehead atoms. The zero-order valence-electron chi connectivity index (χ0n) is 12.1. The van der Waals surface area contributed by atoms with E-state index in [1.807, 2.05) is 51.1 Å². The average molecular weight is 278 g/mol. The Bertz CT molecular complexity index is 452. The number of benzene rings is 1. The molecule has 1 rings (SSSR count). The minimum absolute atomic E-state index is 0.0461. The Hall–Kier alpha value is -2.04. The Morgan fingerprint density at radius 2 is 1.80 bits per heavy atom. The van der Waals surface area contributed by atoms with Crippen molar-refractivity contribution >= 4 is 12.0 Å². The summed E-state index contributed by atoms with van der Waals surface area (Å²) in [7, 11) is 0. The maximum absolute atomic E-state index is 11.7. The summed E-state index contributed by atoms with van der Waals surface area (Å²) in [6.45, 7) is 6.46. The van der Waals surface area contributed by atoms with Crippen LogP contribution in [0.15, 0.2) is 30.3 Å². The van der Waals surface area contributed by atoms with Gasteiger partial charge in [0.1, 0.15) is 6.04 Å². The van der Waals surface area contributed by atoms with Crippen molar-refractivity contribution in [1.82, 2.24) is 10.6 Å². The van der Waals surface area contributed by atoms with Gasteiger partial charge in [-0.1, -0.05) is 51.1 Å². The second kappa shape index (κ2) is 6.93. The third kappa shape index (κ3) is 6.22. The number of rotatable bonds is 5. The molecule has 1 atom stereocenters. The summed E-state index contributed by atoms with van der Waals surface area (Å²) in [5.41, 5.74) is 0.825. The van der Waals surface area contributed by atoms with Gasteiger partial charge in [0.2, 0.25) is 0 Å². The van der Waals surface area contributed by atoms with Crippen LogP contribution >= 0.6 is 0 Å². The maximum Gasteiger partial charge on any atom is 0.326 e. The van der Waals surface area contributed by atoms with Gasteiger partial charge in [0.15, 0.2) is 0 Å². The molecule has 0 saturated carbocycles. The SMILES string of the molecule is CC(C)(C)CNC(=O)NC(Cc1ccccc1)C(=O)O. The standard InChI is InChI=1S/C15H22N2O3/c1-15(2,3)10-16-14(20)17-12(13(18)19)9-11-7-5-4-6-8-11/h4-8,12H,9-10H2,1-3H3,(H,18,19)(H2,16,17,20). The normalized spacial score (nSPS) is 12.6. The highest BCUT2D eigenvalue weighted by Gasteiger charge is 2.21. The topological polar surface area (TPSA) is 78.4 Å². The Balaban J connectivity index is 2.55. The number of hydrogen-bond donors (Lipinski definition) is 3. The number of carbonyl (C=O) groups is 2. The number of urea groups is 1. The first-order chi connectivity index (χ1) is 9.28. The summed E-state index contributed by atoms with van der Waals surface area (Å²) in [6, 6.07) is 7.83. The molecule has 0 aliphatic rings. The van der Waals surface area contributed by atoms with Crippen LogP contribution in [0.25, 0.3) is 0 Å². The van der Waals surface area contributed by atoms with E-state index in [-0.39, 0.29) is 11.8 Å². The Labute approximate surface area is 119 Å². The molecule has 0 aliphatic heterocycles. The smallest absolute Gasteiger partial charge is 0.326 e. The lowest BCUT2D eigenvalue weighted by molar-refractivity contribution is -0.139. The van der Waals surface area contributed by atoms with Crippen LogP contribution in [0.2, 0.25) is 0 Å². The predicted octanol–water partition coefficient (Wildman–Crippen LogP) is 2.03. The molecule has 1 unspecified atom stereocenters. The highest BCUT2D eigenvalue weighted by atomic mass is 16.4. The molecule has 0 heterocycles. The lowest BCUT2D eigenvalue weighted by Crippen LogP contribution is -2.48. The van der Waals surface area contributed by atoms with Gasteiger partial charge in [-0.2, -0.15) is 0 Å². The molecule has 0 saturated heterocycles. The van der Waals surface area contributed by atoms with Crippen molar-refractivity contribution in [3.05, 3.63) is 35.9 Å². The molecular weight excluding hydrogens is 256 g/mol. The second-order valence-electron chi connectivity index (χ2n) is 5.97. The number of carboxylic acids is 1. The average Bonchev–Trinajstić information content (AvgIpc) is 2.36.